The zero-order valence-electron chi connectivity index (χ0n) is 12.8. The maximum atomic E-state index is 12.3. The number of amides is 2. The van der Waals surface area contributed by atoms with Gasteiger partial charge in [-0.15, -0.1) is 0 Å². The van der Waals surface area contributed by atoms with Crippen molar-refractivity contribution in [1.82, 2.24) is 4.90 Å². The van der Waals surface area contributed by atoms with Gasteiger partial charge in [-0.2, -0.15) is 0 Å². The number of hydrogen-bond acceptors (Lipinski definition) is 4. The zero-order chi connectivity index (χ0) is 15.4. The van der Waals surface area contributed by atoms with Crippen molar-refractivity contribution >= 4 is 17.5 Å². The summed E-state index contributed by atoms with van der Waals surface area (Å²) in [6, 6.07) is 6.90. The molecule has 2 amide bonds. The van der Waals surface area contributed by atoms with Crippen molar-refractivity contribution < 1.29 is 14.3 Å². The van der Waals surface area contributed by atoms with Crippen LogP contribution in [0, 0.1) is 0 Å². The largest absolute Gasteiger partial charge is 0.494 e. The van der Waals surface area contributed by atoms with Crippen molar-refractivity contribution in [2.45, 2.75) is 45.7 Å². The first kappa shape index (κ1) is 15.4. The molecule has 2 atom stereocenters. The molecule has 1 N–H and O–H groups in total. The van der Waals surface area contributed by atoms with Gasteiger partial charge in [-0.25, -0.2) is 0 Å². The minimum absolute atomic E-state index is 0.0495. The van der Waals surface area contributed by atoms with Crippen LogP contribution in [0.5, 0.6) is 5.75 Å². The lowest BCUT2D eigenvalue weighted by Gasteiger charge is -2.22. The second-order valence-corrected chi connectivity index (χ2v) is 5.22. The van der Waals surface area contributed by atoms with Crippen LogP contribution < -0.4 is 10.1 Å². The highest BCUT2D eigenvalue weighted by Crippen LogP contribution is 2.23. The van der Waals surface area contributed by atoms with Crippen LogP contribution in [0.2, 0.25) is 0 Å². The number of nitrogens with zero attached hydrogens (tertiary/aromatic N) is 1. The van der Waals surface area contributed by atoms with Crippen molar-refractivity contribution in [3.05, 3.63) is 24.3 Å². The van der Waals surface area contributed by atoms with Gasteiger partial charge in [0.1, 0.15) is 11.8 Å². The summed E-state index contributed by atoms with van der Waals surface area (Å²) in [5.74, 6) is 0.502. The van der Waals surface area contributed by atoms with Gasteiger partial charge in [0.25, 0.3) is 5.91 Å². The highest BCUT2D eigenvalue weighted by atomic mass is 16.5. The summed E-state index contributed by atoms with van der Waals surface area (Å²) in [7, 11) is 0. The van der Waals surface area contributed by atoms with E-state index in [1.165, 1.54) is 4.90 Å². The van der Waals surface area contributed by atoms with E-state index in [0.717, 1.165) is 17.9 Å². The maximum absolute atomic E-state index is 12.3. The molecule has 0 radical (unpaired) electrons. The second-order valence-electron chi connectivity index (χ2n) is 5.22. The Labute approximate surface area is 125 Å². The fourth-order valence-electron chi connectivity index (χ4n) is 2.45. The molecule has 1 aliphatic rings. The fraction of sp³-hybridized carbons (Fsp3) is 0.500. The van der Waals surface area contributed by atoms with Crippen molar-refractivity contribution in [3.8, 4) is 5.75 Å². The Morgan fingerprint density at radius 3 is 2.81 bits per heavy atom. The highest BCUT2D eigenvalue weighted by molar-refractivity contribution is 6.07. The first-order chi connectivity index (χ1) is 10.1. The van der Waals surface area contributed by atoms with Crippen molar-refractivity contribution in [1.29, 1.82) is 0 Å². The van der Waals surface area contributed by atoms with Crippen LogP contribution in [0.1, 0.15) is 33.6 Å². The quantitative estimate of drug-likeness (QED) is 0.817. The molecule has 1 aromatic rings. The Balaban J connectivity index is 2.08. The summed E-state index contributed by atoms with van der Waals surface area (Å²) in [5, 5.41) is 3.14. The molecule has 0 aliphatic carbocycles. The molecule has 1 saturated heterocycles. The number of nitrogens with one attached hydrogen (secondary N) is 1. The van der Waals surface area contributed by atoms with E-state index in [1.807, 2.05) is 45.0 Å². The fourth-order valence-corrected chi connectivity index (χ4v) is 2.45. The highest BCUT2D eigenvalue weighted by Gasteiger charge is 2.40. The third kappa shape index (κ3) is 3.35. The van der Waals surface area contributed by atoms with Crippen LogP contribution in [-0.2, 0) is 9.59 Å². The van der Waals surface area contributed by atoms with Gasteiger partial charge in [-0.3, -0.25) is 14.5 Å². The van der Waals surface area contributed by atoms with Crippen LogP contribution in [0.3, 0.4) is 0 Å². The summed E-state index contributed by atoms with van der Waals surface area (Å²) >= 11 is 0. The topological polar surface area (TPSA) is 58.6 Å². The average molecular weight is 290 g/mol. The number of hydrogen-bond donors (Lipinski definition) is 1. The predicted octanol–water partition coefficient (Wildman–Crippen LogP) is 2.42. The molecule has 0 aromatic heterocycles. The Hall–Kier alpha value is -2.04. The van der Waals surface area contributed by atoms with Crippen LogP contribution in [0.4, 0.5) is 5.69 Å². The molecule has 1 aromatic carbocycles. The Kier molecular flexibility index (Phi) is 4.83. The van der Waals surface area contributed by atoms with Crippen molar-refractivity contribution in [2.75, 3.05) is 11.9 Å². The second kappa shape index (κ2) is 6.61. The number of benzene rings is 1. The molecule has 0 spiro atoms. The third-order valence-electron chi connectivity index (χ3n) is 3.70. The molecule has 1 aliphatic heterocycles. The normalized spacial score (nSPS) is 19.8. The molecule has 1 fully saturated rings. The number of imide groups is 1. The molecule has 2 unspecified atom stereocenters. The lowest BCUT2D eigenvalue weighted by Crippen LogP contribution is -2.40. The van der Waals surface area contributed by atoms with E-state index in [1.54, 1.807) is 0 Å². The third-order valence-corrected chi connectivity index (χ3v) is 3.70. The predicted molar refractivity (Wildman–Crippen MR) is 81.2 cm³/mol. The van der Waals surface area contributed by atoms with Gasteiger partial charge >= 0.3 is 0 Å². The molecule has 1 heterocycles. The van der Waals surface area contributed by atoms with Gasteiger partial charge in [0.15, 0.2) is 0 Å². The van der Waals surface area contributed by atoms with Crippen LogP contribution >= 0.6 is 0 Å². The minimum atomic E-state index is -0.483. The molecule has 0 bridgehead atoms. The van der Waals surface area contributed by atoms with E-state index in [9.17, 15) is 9.59 Å². The molecule has 2 rings (SSSR count). The van der Waals surface area contributed by atoms with E-state index < -0.39 is 6.04 Å². The minimum Gasteiger partial charge on any atom is -0.494 e. The van der Waals surface area contributed by atoms with E-state index >= 15 is 0 Å². The lowest BCUT2D eigenvalue weighted by atomic mass is 10.2. The first-order valence-corrected chi connectivity index (χ1v) is 7.42. The van der Waals surface area contributed by atoms with Crippen molar-refractivity contribution in [2.24, 2.45) is 0 Å². The summed E-state index contributed by atoms with van der Waals surface area (Å²) in [4.78, 5) is 25.7. The number of likely N-dealkylation sites (tertiary alicyclic amines) is 1. The maximum Gasteiger partial charge on any atom is 0.252 e. The number of carbonyl (C=O) groups is 2. The number of rotatable bonds is 6. The summed E-state index contributed by atoms with van der Waals surface area (Å²) in [5.41, 5.74) is 0.790. The van der Waals surface area contributed by atoms with Gasteiger partial charge in [0.2, 0.25) is 5.91 Å². The Morgan fingerprint density at radius 2 is 2.14 bits per heavy atom. The first-order valence-electron chi connectivity index (χ1n) is 7.42. The molecule has 21 heavy (non-hydrogen) atoms. The number of anilines is 1. The monoisotopic (exact) mass is 290 g/mol. The van der Waals surface area contributed by atoms with Crippen LogP contribution in [-0.4, -0.2) is 35.4 Å². The van der Waals surface area contributed by atoms with Crippen molar-refractivity contribution in [3.63, 3.8) is 0 Å². The molecule has 114 valence electrons. The van der Waals surface area contributed by atoms with Gasteiger partial charge in [-0.05, 0) is 32.4 Å². The smallest absolute Gasteiger partial charge is 0.252 e. The Morgan fingerprint density at radius 1 is 1.38 bits per heavy atom. The van der Waals surface area contributed by atoms with E-state index in [0.29, 0.717) is 6.61 Å². The molecule has 5 heteroatoms. The standard InChI is InChI=1S/C16H22N2O3/c1-4-11(3)18-15(19)10-14(16(18)20)17-12-7-6-8-13(9-12)21-5-2/h6-9,11,14,17H,4-5,10H2,1-3H3. The van der Waals surface area contributed by atoms with Gasteiger partial charge < -0.3 is 10.1 Å². The van der Waals surface area contributed by atoms with Gasteiger partial charge in [0, 0.05) is 17.8 Å². The summed E-state index contributed by atoms with van der Waals surface area (Å²) in [6.45, 7) is 6.38. The zero-order valence-corrected chi connectivity index (χ0v) is 12.8. The van der Waals surface area contributed by atoms with E-state index in [4.69, 9.17) is 4.74 Å². The van der Waals surface area contributed by atoms with Crippen LogP contribution in [0.15, 0.2) is 24.3 Å². The summed E-state index contributed by atoms with van der Waals surface area (Å²) < 4.78 is 5.43. The summed E-state index contributed by atoms with van der Waals surface area (Å²) in [6.07, 6.45) is 0.978. The molecule has 0 saturated carbocycles. The molecule has 5 nitrogen and oxygen atoms in total. The van der Waals surface area contributed by atoms with Gasteiger partial charge in [0.05, 0.1) is 13.0 Å². The number of carbonyl (C=O) groups excluding carboxylic acids is 2. The molecular weight excluding hydrogens is 268 g/mol. The number of ether oxygens (including phenoxy) is 1. The Bertz CT molecular complexity index is 530. The van der Waals surface area contributed by atoms with E-state index in [2.05, 4.69) is 5.32 Å². The van der Waals surface area contributed by atoms with Crippen LogP contribution in [0.25, 0.3) is 0 Å². The van der Waals surface area contributed by atoms with E-state index in [-0.39, 0.29) is 24.3 Å². The molecular formula is C16H22N2O3. The SMILES string of the molecule is CCOc1cccc(NC2CC(=O)N(C(C)CC)C2=O)c1. The van der Waals surface area contributed by atoms with Gasteiger partial charge in [-0.1, -0.05) is 13.0 Å². The average Bonchev–Trinajstić information content (AvgIpc) is 2.73. The lowest BCUT2D eigenvalue weighted by molar-refractivity contribution is -0.140.